The van der Waals surface area contributed by atoms with Gasteiger partial charge in [0.25, 0.3) is 0 Å². The number of carbonyl (C=O) groups is 2. The van der Waals surface area contributed by atoms with Crippen LogP contribution in [0.1, 0.15) is 41.6 Å². The van der Waals surface area contributed by atoms with Crippen molar-refractivity contribution in [3.05, 3.63) is 65.7 Å². The van der Waals surface area contributed by atoms with Crippen LogP contribution in [0.4, 0.5) is 17.6 Å². The zero-order chi connectivity index (χ0) is 24.3. The van der Waals surface area contributed by atoms with Gasteiger partial charge in [-0.05, 0) is 43.2 Å². The molecule has 182 valence electrons. The average molecular weight is 480 g/mol. The molecule has 0 N–H and O–H groups in total. The highest BCUT2D eigenvalue weighted by Crippen LogP contribution is 2.45. The zero-order valence-corrected chi connectivity index (χ0v) is 18.2. The standard InChI is InChI=1S/C25H24F4O5/c26-17(14-32-18-8-4-7-16(11-18)25(27,28)29)9-10-19-20-12-23(30)33-22(20)13-21(19)34-24(31)15-5-2-1-3-6-15/h1-8,11,17,19-22H,9-10,12-14H2. The van der Waals surface area contributed by atoms with Gasteiger partial charge in [0.05, 0.1) is 17.5 Å². The number of hydrogen-bond acceptors (Lipinski definition) is 5. The third-order valence-electron chi connectivity index (χ3n) is 6.33. The molecular weight excluding hydrogens is 456 g/mol. The van der Waals surface area contributed by atoms with Gasteiger partial charge in [-0.15, -0.1) is 0 Å². The minimum atomic E-state index is -4.51. The summed E-state index contributed by atoms with van der Waals surface area (Å²) >= 11 is 0. The van der Waals surface area contributed by atoms with Crippen molar-refractivity contribution in [1.29, 1.82) is 0 Å². The Labute approximate surface area is 194 Å². The molecule has 4 rings (SSSR count). The molecule has 5 unspecified atom stereocenters. The summed E-state index contributed by atoms with van der Waals surface area (Å²) in [6.07, 6.45) is -5.95. The first-order valence-corrected chi connectivity index (χ1v) is 11.1. The van der Waals surface area contributed by atoms with E-state index in [0.717, 1.165) is 12.1 Å². The van der Waals surface area contributed by atoms with E-state index in [-0.39, 0.29) is 42.5 Å². The Bertz CT molecular complexity index is 1010. The van der Waals surface area contributed by atoms with Crippen molar-refractivity contribution < 1.29 is 41.4 Å². The van der Waals surface area contributed by atoms with Crippen molar-refractivity contribution >= 4 is 11.9 Å². The molecule has 1 saturated carbocycles. The van der Waals surface area contributed by atoms with Gasteiger partial charge in [0, 0.05) is 18.3 Å². The maximum atomic E-state index is 14.6. The van der Waals surface area contributed by atoms with Gasteiger partial charge in [0.1, 0.15) is 30.7 Å². The predicted molar refractivity (Wildman–Crippen MR) is 113 cm³/mol. The molecule has 1 heterocycles. The number of benzene rings is 2. The Balaban J connectivity index is 1.34. The molecule has 1 saturated heterocycles. The van der Waals surface area contributed by atoms with Crippen LogP contribution in [0.25, 0.3) is 0 Å². The second kappa shape index (κ2) is 10.0. The Kier molecular flexibility index (Phi) is 7.09. The average Bonchev–Trinajstić information content (AvgIpc) is 3.31. The van der Waals surface area contributed by atoms with Crippen molar-refractivity contribution in [2.75, 3.05) is 6.61 Å². The highest BCUT2D eigenvalue weighted by molar-refractivity contribution is 5.89. The lowest BCUT2D eigenvalue weighted by Gasteiger charge is -2.24. The SMILES string of the molecule is O=C1CC2C(CC(OC(=O)c3ccccc3)C2CCC(F)COc2cccc(C(F)(F)F)c2)O1. The van der Waals surface area contributed by atoms with Gasteiger partial charge < -0.3 is 14.2 Å². The lowest BCUT2D eigenvalue weighted by Crippen LogP contribution is -2.27. The molecular formula is C25H24F4O5. The minimum Gasteiger partial charge on any atom is -0.491 e. The number of esters is 2. The summed E-state index contributed by atoms with van der Waals surface area (Å²) in [5.41, 5.74) is -0.473. The maximum Gasteiger partial charge on any atom is 0.416 e. The van der Waals surface area contributed by atoms with Crippen molar-refractivity contribution in [3.63, 3.8) is 0 Å². The summed E-state index contributed by atoms with van der Waals surface area (Å²) in [4.78, 5) is 24.3. The van der Waals surface area contributed by atoms with E-state index in [0.29, 0.717) is 18.4 Å². The van der Waals surface area contributed by atoms with E-state index in [2.05, 4.69) is 0 Å². The van der Waals surface area contributed by atoms with Gasteiger partial charge in [-0.1, -0.05) is 24.3 Å². The molecule has 2 aliphatic rings. The van der Waals surface area contributed by atoms with E-state index >= 15 is 0 Å². The smallest absolute Gasteiger partial charge is 0.416 e. The summed E-state index contributed by atoms with van der Waals surface area (Å²) in [5.74, 6) is -1.32. The van der Waals surface area contributed by atoms with Crippen molar-refractivity contribution in [3.8, 4) is 5.75 Å². The molecule has 2 aromatic carbocycles. The number of halogens is 4. The Morgan fingerprint density at radius 2 is 1.88 bits per heavy atom. The van der Waals surface area contributed by atoms with E-state index in [1.165, 1.54) is 12.1 Å². The lowest BCUT2D eigenvalue weighted by molar-refractivity contribution is -0.142. The molecule has 9 heteroatoms. The first-order chi connectivity index (χ1) is 16.2. The fourth-order valence-corrected chi connectivity index (χ4v) is 4.68. The van der Waals surface area contributed by atoms with Crippen LogP contribution in [-0.4, -0.2) is 36.9 Å². The van der Waals surface area contributed by atoms with E-state index < -0.39 is 36.6 Å². The van der Waals surface area contributed by atoms with Crippen LogP contribution in [0.15, 0.2) is 54.6 Å². The van der Waals surface area contributed by atoms with Crippen LogP contribution in [0.5, 0.6) is 5.75 Å². The molecule has 0 bridgehead atoms. The fourth-order valence-electron chi connectivity index (χ4n) is 4.68. The summed E-state index contributed by atoms with van der Waals surface area (Å²) in [5, 5.41) is 0. The highest BCUT2D eigenvalue weighted by atomic mass is 19.4. The van der Waals surface area contributed by atoms with E-state index in [1.54, 1.807) is 30.3 Å². The van der Waals surface area contributed by atoms with Crippen LogP contribution in [-0.2, 0) is 20.4 Å². The molecule has 0 radical (unpaired) electrons. The topological polar surface area (TPSA) is 61.8 Å². The first-order valence-electron chi connectivity index (χ1n) is 11.1. The Hall–Kier alpha value is -3.10. The van der Waals surface area contributed by atoms with E-state index in [9.17, 15) is 27.2 Å². The van der Waals surface area contributed by atoms with Crippen molar-refractivity contribution in [2.24, 2.45) is 11.8 Å². The number of carbonyl (C=O) groups excluding carboxylic acids is 2. The second-order valence-corrected chi connectivity index (χ2v) is 8.62. The van der Waals surface area contributed by atoms with Gasteiger partial charge in [-0.2, -0.15) is 13.2 Å². The third kappa shape index (κ3) is 5.69. The monoisotopic (exact) mass is 480 g/mol. The quantitative estimate of drug-likeness (QED) is 0.375. The molecule has 0 spiro atoms. The van der Waals surface area contributed by atoms with Crippen LogP contribution in [0.3, 0.4) is 0 Å². The van der Waals surface area contributed by atoms with Gasteiger partial charge in [0.15, 0.2) is 0 Å². The van der Waals surface area contributed by atoms with Crippen LogP contribution in [0, 0.1) is 11.8 Å². The molecule has 34 heavy (non-hydrogen) atoms. The molecule has 1 aliphatic carbocycles. The van der Waals surface area contributed by atoms with Gasteiger partial charge >= 0.3 is 18.1 Å². The normalized spacial score (nSPS) is 24.9. The van der Waals surface area contributed by atoms with Gasteiger partial charge in [-0.3, -0.25) is 4.79 Å². The number of hydrogen-bond donors (Lipinski definition) is 0. The molecule has 0 aromatic heterocycles. The van der Waals surface area contributed by atoms with E-state index in [1.807, 2.05) is 0 Å². The number of fused-ring (bicyclic) bond motifs is 1. The fraction of sp³-hybridized carbons (Fsp3) is 0.440. The highest BCUT2D eigenvalue weighted by Gasteiger charge is 2.51. The number of rotatable bonds is 8. The first kappa shape index (κ1) is 24.0. The van der Waals surface area contributed by atoms with Crippen molar-refractivity contribution in [2.45, 2.75) is 50.2 Å². The van der Waals surface area contributed by atoms with E-state index in [4.69, 9.17) is 14.2 Å². The second-order valence-electron chi connectivity index (χ2n) is 8.62. The minimum absolute atomic E-state index is 0.0421. The maximum absolute atomic E-state index is 14.6. The number of ether oxygens (including phenoxy) is 3. The van der Waals surface area contributed by atoms with Crippen molar-refractivity contribution in [1.82, 2.24) is 0 Å². The Morgan fingerprint density at radius 1 is 1.12 bits per heavy atom. The molecule has 0 amide bonds. The molecule has 5 nitrogen and oxygen atoms in total. The molecule has 2 aromatic rings. The van der Waals surface area contributed by atoms with Gasteiger partial charge in [0.2, 0.25) is 0 Å². The summed E-state index contributed by atoms with van der Waals surface area (Å²) in [7, 11) is 0. The molecule has 2 fully saturated rings. The summed E-state index contributed by atoms with van der Waals surface area (Å²) in [6.45, 7) is -0.411. The zero-order valence-electron chi connectivity index (χ0n) is 18.2. The van der Waals surface area contributed by atoms with Gasteiger partial charge in [-0.25, -0.2) is 9.18 Å². The number of alkyl halides is 4. The van der Waals surface area contributed by atoms with Crippen LogP contribution < -0.4 is 4.74 Å². The predicted octanol–water partition coefficient (Wildman–Crippen LogP) is 5.38. The lowest BCUT2D eigenvalue weighted by atomic mass is 9.87. The Morgan fingerprint density at radius 3 is 2.62 bits per heavy atom. The van der Waals surface area contributed by atoms with Crippen LogP contribution >= 0.6 is 0 Å². The molecule has 1 aliphatic heterocycles. The molecule has 5 atom stereocenters. The third-order valence-corrected chi connectivity index (χ3v) is 6.33. The van der Waals surface area contributed by atoms with Crippen LogP contribution in [0.2, 0.25) is 0 Å². The summed E-state index contributed by atoms with van der Waals surface area (Å²) < 4.78 is 69.4. The summed E-state index contributed by atoms with van der Waals surface area (Å²) in [6, 6.07) is 12.8. The largest absolute Gasteiger partial charge is 0.491 e.